The van der Waals surface area contributed by atoms with Gasteiger partial charge in [0.2, 0.25) is 5.11 Å². The molecule has 0 bridgehead atoms. The van der Waals surface area contributed by atoms with Gasteiger partial charge in [-0.05, 0) is 29.9 Å². The fraction of sp³-hybridized carbons (Fsp3) is 0.300. The highest BCUT2D eigenvalue weighted by atomic mass is 35.5. The molecule has 15 heavy (non-hydrogen) atoms. The van der Waals surface area contributed by atoms with Crippen LogP contribution in [0.15, 0.2) is 34.5 Å². The Bertz CT molecular complexity index is 402. The van der Waals surface area contributed by atoms with Crippen molar-refractivity contribution in [3.05, 3.63) is 34.9 Å². The maximum atomic E-state index is 5.81. The van der Waals surface area contributed by atoms with Crippen LogP contribution in [-0.2, 0) is 6.42 Å². The molecule has 3 nitrogen and oxygen atoms in total. The van der Waals surface area contributed by atoms with E-state index < -0.39 is 0 Å². The molecule has 0 amide bonds. The lowest BCUT2D eigenvalue weighted by molar-refractivity contribution is 0.398. The van der Waals surface area contributed by atoms with Crippen LogP contribution in [0.1, 0.15) is 5.56 Å². The Labute approximate surface area is 98.8 Å². The lowest BCUT2D eigenvalue weighted by Crippen LogP contribution is -2.30. The van der Waals surface area contributed by atoms with Crippen molar-refractivity contribution in [2.24, 2.45) is 10.2 Å². The molecular formula is C10H10ClN3S. The van der Waals surface area contributed by atoms with Gasteiger partial charge in [0.05, 0.1) is 0 Å². The Balaban J connectivity index is 2.07. The standard InChI is InChI=1S/C10H10ClN3S/c1-14-9(12-13-10(14)15)6-7-2-4-8(11)5-3-7/h2-5,9H,6H2,1H3. The van der Waals surface area contributed by atoms with Crippen LogP contribution >= 0.6 is 23.8 Å². The van der Waals surface area contributed by atoms with Crippen molar-refractivity contribution < 1.29 is 0 Å². The molecule has 0 spiro atoms. The first-order chi connectivity index (χ1) is 7.16. The summed E-state index contributed by atoms with van der Waals surface area (Å²) in [6.07, 6.45) is 0.829. The average Bonchev–Trinajstić information content (AvgIpc) is 2.53. The Morgan fingerprint density at radius 2 is 2.07 bits per heavy atom. The molecule has 1 aliphatic rings. The number of rotatable bonds is 2. The third kappa shape index (κ3) is 2.33. The molecule has 1 unspecified atom stereocenters. The summed E-state index contributed by atoms with van der Waals surface area (Å²) in [7, 11) is 1.91. The van der Waals surface area contributed by atoms with E-state index in [1.807, 2.05) is 36.2 Å². The molecule has 1 aromatic carbocycles. The van der Waals surface area contributed by atoms with Crippen LogP contribution in [0.25, 0.3) is 0 Å². The molecule has 0 aliphatic carbocycles. The number of halogens is 1. The van der Waals surface area contributed by atoms with Gasteiger partial charge in [0.15, 0.2) is 0 Å². The first kappa shape index (κ1) is 10.5. The summed E-state index contributed by atoms with van der Waals surface area (Å²) in [6, 6.07) is 7.74. The van der Waals surface area contributed by atoms with Gasteiger partial charge < -0.3 is 4.90 Å². The Hall–Kier alpha value is -1.00. The number of hydrogen-bond donors (Lipinski definition) is 0. The molecule has 1 atom stereocenters. The van der Waals surface area contributed by atoms with E-state index in [4.69, 9.17) is 23.8 Å². The monoisotopic (exact) mass is 239 g/mol. The van der Waals surface area contributed by atoms with Crippen LogP contribution in [0.5, 0.6) is 0 Å². The maximum Gasteiger partial charge on any atom is 0.217 e. The minimum atomic E-state index is 0.0266. The summed E-state index contributed by atoms with van der Waals surface area (Å²) < 4.78 is 0. The second-order valence-corrected chi connectivity index (χ2v) is 4.22. The number of thiocarbonyl (C=S) groups is 1. The zero-order chi connectivity index (χ0) is 10.8. The van der Waals surface area contributed by atoms with Gasteiger partial charge in [-0.1, -0.05) is 23.7 Å². The molecule has 0 radical (unpaired) electrons. The van der Waals surface area contributed by atoms with E-state index in [1.165, 1.54) is 5.56 Å². The smallest absolute Gasteiger partial charge is 0.217 e. The molecule has 2 rings (SSSR count). The van der Waals surface area contributed by atoms with Crippen molar-refractivity contribution in [3.63, 3.8) is 0 Å². The number of azo groups is 1. The summed E-state index contributed by atoms with van der Waals surface area (Å²) in [5.41, 5.74) is 1.18. The maximum absolute atomic E-state index is 5.81. The summed E-state index contributed by atoms with van der Waals surface area (Å²) in [5.74, 6) is 0. The lowest BCUT2D eigenvalue weighted by atomic mass is 10.1. The van der Waals surface area contributed by atoms with Crippen molar-refractivity contribution in [2.75, 3.05) is 7.05 Å². The van der Waals surface area contributed by atoms with Gasteiger partial charge in [0.25, 0.3) is 0 Å². The first-order valence-electron chi connectivity index (χ1n) is 4.59. The predicted molar refractivity (Wildman–Crippen MR) is 64.2 cm³/mol. The Morgan fingerprint density at radius 1 is 1.40 bits per heavy atom. The minimum absolute atomic E-state index is 0.0266. The quantitative estimate of drug-likeness (QED) is 0.743. The van der Waals surface area contributed by atoms with E-state index in [0.29, 0.717) is 5.11 Å². The number of benzene rings is 1. The van der Waals surface area contributed by atoms with Crippen LogP contribution in [0.2, 0.25) is 5.02 Å². The molecule has 0 saturated carbocycles. The van der Waals surface area contributed by atoms with Crippen molar-refractivity contribution in [2.45, 2.75) is 12.6 Å². The highest BCUT2D eigenvalue weighted by molar-refractivity contribution is 7.80. The molecule has 0 saturated heterocycles. The van der Waals surface area contributed by atoms with Crippen LogP contribution in [-0.4, -0.2) is 23.2 Å². The first-order valence-corrected chi connectivity index (χ1v) is 5.37. The molecule has 0 aromatic heterocycles. The van der Waals surface area contributed by atoms with Gasteiger partial charge in [-0.15, -0.1) is 5.11 Å². The fourth-order valence-electron chi connectivity index (χ4n) is 1.40. The number of hydrogen-bond acceptors (Lipinski definition) is 2. The number of nitrogens with zero attached hydrogens (tertiary/aromatic N) is 3. The normalized spacial score (nSPS) is 20.0. The van der Waals surface area contributed by atoms with Gasteiger partial charge in [0.1, 0.15) is 6.17 Å². The zero-order valence-corrected chi connectivity index (χ0v) is 9.79. The predicted octanol–water partition coefficient (Wildman–Crippen LogP) is 2.89. The average molecular weight is 240 g/mol. The van der Waals surface area contributed by atoms with Crippen molar-refractivity contribution in [1.29, 1.82) is 0 Å². The van der Waals surface area contributed by atoms with Crippen LogP contribution in [0.4, 0.5) is 0 Å². The van der Waals surface area contributed by atoms with E-state index in [9.17, 15) is 0 Å². The molecular weight excluding hydrogens is 230 g/mol. The van der Waals surface area contributed by atoms with Gasteiger partial charge >= 0.3 is 0 Å². The Kier molecular flexibility index (Phi) is 2.98. The largest absolute Gasteiger partial charge is 0.325 e. The topological polar surface area (TPSA) is 28.0 Å². The third-order valence-electron chi connectivity index (χ3n) is 2.36. The van der Waals surface area contributed by atoms with Gasteiger partial charge in [0, 0.05) is 18.5 Å². The second kappa shape index (κ2) is 4.24. The van der Waals surface area contributed by atoms with Crippen molar-refractivity contribution in [3.8, 4) is 0 Å². The van der Waals surface area contributed by atoms with E-state index >= 15 is 0 Å². The van der Waals surface area contributed by atoms with Gasteiger partial charge in [-0.2, -0.15) is 5.11 Å². The zero-order valence-electron chi connectivity index (χ0n) is 8.22. The van der Waals surface area contributed by atoms with Crippen molar-refractivity contribution in [1.82, 2.24) is 4.90 Å². The molecule has 1 aromatic rings. The second-order valence-electron chi connectivity index (χ2n) is 3.42. The van der Waals surface area contributed by atoms with Gasteiger partial charge in [-0.3, -0.25) is 0 Å². The SMILES string of the molecule is CN1C(=S)N=NC1Cc1ccc(Cl)cc1. The summed E-state index contributed by atoms with van der Waals surface area (Å²) >= 11 is 10.8. The molecule has 0 fully saturated rings. The highest BCUT2D eigenvalue weighted by Crippen LogP contribution is 2.17. The van der Waals surface area contributed by atoms with Crippen LogP contribution < -0.4 is 0 Å². The van der Waals surface area contributed by atoms with Crippen molar-refractivity contribution >= 4 is 28.9 Å². The molecule has 78 valence electrons. The van der Waals surface area contributed by atoms with E-state index in [0.717, 1.165) is 11.4 Å². The van der Waals surface area contributed by atoms with Crippen LogP contribution in [0, 0.1) is 0 Å². The third-order valence-corrected chi connectivity index (χ3v) is 2.98. The lowest BCUT2D eigenvalue weighted by Gasteiger charge is -2.17. The summed E-state index contributed by atoms with van der Waals surface area (Å²) in [5, 5.41) is 9.26. The molecule has 1 aliphatic heterocycles. The molecule has 0 N–H and O–H groups in total. The van der Waals surface area contributed by atoms with E-state index in [2.05, 4.69) is 10.2 Å². The minimum Gasteiger partial charge on any atom is -0.325 e. The number of likely N-dealkylation sites (N-methyl/N-ethyl adjacent to an activating group) is 1. The van der Waals surface area contributed by atoms with Crippen LogP contribution in [0.3, 0.4) is 0 Å². The Morgan fingerprint density at radius 3 is 2.60 bits per heavy atom. The fourth-order valence-corrected chi connectivity index (χ4v) is 1.70. The van der Waals surface area contributed by atoms with E-state index in [1.54, 1.807) is 0 Å². The van der Waals surface area contributed by atoms with Gasteiger partial charge in [-0.25, -0.2) is 0 Å². The summed E-state index contributed by atoms with van der Waals surface area (Å²) in [6.45, 7) is 0. The summed E-state index contributed by atoms with van der Waals surface area (Å²) in [4.78, 5) is 1.89. The molecule has 1 heterocycles. The van der Waals surface area contributed by atoms with E-state index in [-0.39, 0.29) is 6.17 Å². The molecule has 5 heteroatoms. The highest BCUT2D eigenvalue weighted by Gasteiger charge is 2.22.